The number of nitrogens with one attached hydrogen (secondary N) is 1. The van der Waals surface area contributed by atoms with Gasteiger partial charge in [-0.15, -0.1) is 0 Å². The molecule has 84 valence electrons. The van der Waals surface area contributed by atoms with Gasteiger partial charge in [-0.2, -0.15) is 0 Å². The molecule has 0 amide bonds. The first kappa shape index (κ1) is 12.0. The summed E-state index contributed by atoms with van der Waals surface area (Å²) in [6.45, 7) is 6.95. The van der Waals surface area contributed by atoms with Crippen molar-refractivity contribution >= 4 is 0 Å². The van der Waals surface area contributed by atoms with Crippen LogP contribution in [-0.2, 0) is 9.47 Å². The van der Waals surface area contributed by atoms with Gasteiger partial charge in [0, 0.05) is 19.7 Å². The van der Waals surface area contributed by atoms with E-state index in [-0.39, 0.29) is 0 Å². The summed E-state index contributed by atoms with van der Waals surface area (Å²) in [5.74, 6) is 0.769. The van der Waals surface area contributed by atoms with Gasteiger partial charge in [-0.05, 0) is 18.8 Å². The first-order valence-electron chi connectivity index (χ1n) is 5.56. The molecule has 1 heterocycles. The first-order chi connectivity index (χ1) is 6.72. The summed E-state index contributed by atoms with van der Waals surface area (Å²) in [6.07, 6.45) is 2.81. The molecule has 0 aromatic rings. The van der Waals surface area contributed by atoms with Gasteiger partial charge in [0.15, 0.2) is 0 Å². The minimum Gasteiger partial charge on any atom is -0.382 e. The van der Waals surface area contributed by atoms with Gasteiger partial charge >= 0.3 is 0 Å². The lowest BCUT2D eigenvalue weighted by atomic mass is 10.0. The van der Waals surface area contributed by atoms with Crippen molar-refractivity contribution in [1.82, 2.24) is 5.32 Å². The molecule has 0 aliphatic carbocycles. The van der Waals surface area contributed by atoms with E-state index in [1.165, 1.54) is 6.42 Å². The van der Waals surface area contributed by atoms with Crippen LogP contribution in [0.4, 0.5) is 0 Å². The van der Waals surface area contributed by atoms with Crippen LogP contribution in [0.5, 0.6) is 0 Å². The van der Waals surface area contributed by atoms with Crippen LogP contribution in [0.15, 0.2) is 0 Å². The monoisotopic (exact) mass is 201 g/mol. The molecular weight excluding hydrogens is 178 g/mol. The lowest BCUT2D eigenvalue weighted by Crippen LogP contribution is -2.23. The Morgan fingerprint density at radius 2 is 2.14 bits per heavy atom. The van der Waals surface area contributed by atoms with E-state index in [0.717, 1.165) is 25.5 Å². The normalized spacial score (nSPS) is 27.4. The maximum absolute atomic E-state index is 5.67. The SMILES string of the molecule is COCCO[C@H]1CN[C@@H](CC(C)C)C1. The molecule has 1 N–H and O–H groups in total. The molecule has 0 aromatic carbocycles. The third-order valence-electron chi connectivity index (χ3n) is 2.58. The second kappa shape index (κ2) is 6.38. The number of ether oxygens (including phenoxy) is 2. The van der Waals surface area contributed by atoms with Crippen LogP contribution in [0.2, 0.25) is 0 Å². The van der Waals surface area contributed by atoms with Gasteiger partial charge in [0.05, 0.1) is 19.3 Å². The quantitative estimate of drug-likeness (QED) is 0.659. The van der Waals surface area contributed by atoms with E-state index in [0.29, 0.717) is 18.8 Å². The molecule has 1 aliphatic rings. The van der Waals surface area contributed by atoms with Crippen LogP contribution >= 0.6 is 0 Å². The minimum atomic E-state index is 0.397. The maximum Gasteiger partial charge on any atom is 0.0715 e. The lowest BCUT2D eigenvalue weighted by Gasteiger charge is -2.13. The topological polar surface area (TPSA) is 30.5 Å². The number of rotatable bonds is 6. The summed E-state index contributed by atoms with van der Waals surface area (Å²) < 4.78 is 10.6. The van der Waals surface area contributed by atoms with Gasteiger partial charge < -0.3 is 14.8 Å². The molecule has 0 bridgehead atoms. The zero-order valence-electron chi connectivity index (χ0n) is 9.58. The Bertz CT molecular complexity index is 150. The first-order valence-corrected chi connectivity index (χ1v) is 5.56. The van der Waals surface area contributed by atoms with Crippen molar-refractivity contribution < 1.29 is 9.47 Å². The Morgan fingerprint density at radius 3 is 2.79 bits per heavy atom. The molecule has 2 atom stereocenters. The van der Waals surface area contributed by atoms with E-state index in [9.17, 15) is 0 Å². The summed E-state index contributed by atoms with van der Waals surface area (Å²) in [5.41, 5.74) is 0. The van der Waals surface area contributed by atoms with Gasteiger partial charge in [0.1, 0.15) is 0 Å². The van der Waals surface area contributed by atoms with Crippen molar-refractivity contribution in [2.24, 2.45) is 5.92 Å². The average Bonchev–Trinajstić information content (AvgIpc) is 2.52. The Morgan fingerprint density at radius 1 is 1.36 bits per heavy atom. The predicted molar refractivity (Wildman–Crippen MR) is 57.5 cm³/mol. The van der Waals surface area contributed by atoms with Gasteiger partial charge in [-0.25, -0.2) is 0 Å². The summed E-state index contributed by atoms with van der Waals surface area (Å²) in [4.78, 5) is 0. The number of methoxy groups -OCH3 is 1. The van der Waals surface area contributed by atoms with E-state index in [4.69, 9.17) is 9.47 Å². The van der Waals surface area contributed by atoms with Crippen LogP contribution in [0.3, 0.4) is 0 Å². The summed E-state index contributed by atoms with van der Waals surface area (Å²) >= 11 is 0. The van der Waals surface area contributed by atoms with Gasteiger partial charge in [0.25, 0.3) is 0 Å². The Kier molecular flexibility index (Phi) is 5.45. The predicted octanol–water partition coefficient (Wildman–Crippen LogP) is 1.43. The van der Waals surface area contributed by atoms with E-state index >= 15 is 0 Å². The fourth-order valence-corrected chi connectivity index (χ4v) is 1.96. The molecule has 0 radical (unpaired) electrons. The third kappa shape index (κ3) is 4.40. The molecule has 3 nitrogen and oxygen atoms in total. The Labute approximate surface area is 87.2 Å². The highest BCUT2D eigenvalue weighted by Crippen LogP contribution is 2.16. The minimum absolute atomic E-state index is 0.397. The van der Waals surface area contributed by atoms with Crippen LogP contribution in [-0.4, -0.2) is 39.0 Å². The van der Waals surface area contributed by atoms with Crippen molar-refractivity contribution in [3.8, 4) is 0 Å². The van der Waals surface area contributed by atoms with Crippen molar-refractivity contribution in [3.05, 3.63) is 0 Å². The van der Waals surface area contributed by atoms with Crippen molar-refractivity contribution in [1.29, 1.82) is 0 Å². The Balaban J connectivity index is 2.08. The van der Waals surface area contributed by atoms with Crippen LogP contribution < -0.4 is 5.32 Å². The largest absolute Gasteiger partial charge is 0.382 e. The molecule has 1 fully saturated rings. The molecule has 14 heavy (non-hydrogen) atoms. The molecule has 0 saturated carbocycles. The average molecular weight is 201 g/mol. The number of hydrogen-bond acceptors (Lipinski definition) is 3. The van der Waals surface area contributed by atoms with Gasteiger partial charge in [0.2, 0.25) is 0 Å². The zero-order valence-corrected chi connectivity index (χ0v) is 9.58. The van der Waals surface area contributed by atoms with E-state index in [1.54, 1.807) is 7.11 Å². The molecule has 0 spiro atoms. The molecule has 0 unspecified atom stereocenters. The Hall–Kier alpha value is -0.120. The second-order valence-corrected chi connectivity index (χ2v) is 4.46. The highest BCUT2D eigenvalue weighted by atomic mass is 16.5. The standard InChI is InChI=1S/C11H23NO2/c1-9(2)6-10-7-11(8-12-10)14-5-4-13-3/h9-12H,4-8H2,1-3H3/t10-,11+/m0/s1. The van der Waals surface area contributed by atoms with Crippen molar-refractivity contribution in [2.45, 2.75) is 38.8 Å². The second-order valence-electron chi connectivity index (χ2n) is 4.46. The third-order valence-corrected chi connectivity index (χ3v) is 2.58. The molecule has 1 saturated heterocycles. The van der Waals surface area contributed by atoms with Gasteiger partial charge in [-0.3, -0.25) is 0 Å². The lowest BCUT2D eigenvalue weighted by molar-refractivity contribution is 0.0259. The molecule has 0 aromatic heterocycles. The number of hydrogen-bond donors (Lipinski definition) is 1. The fraction of sp³-hybridized carbons (Fsp3) is 1.00. The van der Waals surface area contributed by atoms with Crippen molar-refractivity contribution in [2.75, 3.05) is 26.9 Å². The van der Waals surface area contributed by atoms with Crippen LogP contribution in [0.1, 0.15) is 26.7 Å². The van der Waals surface area contributed by atoms with Gasteiger partial charge in [-0.1, -0.05) is 13.8 Å². The summed E-state index contributed by atoms with van der Waals surface area (Å²) in [5, 5.41) is 3.50. The molecular formula is C11H23NO2. The van der Waals surface area contributed by atoms with E-state index < -0.39 is 0 Å². The molecule has 1 rings (SSSR count). The molecule has 1 aliphatic heterocycles. The zero-order chi connectivity index (χ0) is 10.4. The van der Waals surface area contributed by atoms with Crippen LogP contribution in [0, 0.1) is 5.92 Å². The van der Waals surface area contributed by atoms with Crippen molar-refractivity contribution in [3.63, 3.8) is 0 Å². The molecule has 3 heteroatoms. The summed E-state index contributed by atoms with van der Waals surface area (Å²) in [6, 6.07) is 0.655. The summed E-state index contributed by atoms with van der Waals surface area (Å²) in [7, 11) is 1.71. The highest BCUT2D eigenvalue weighted by Gasteiger charge is 2.24. The smallest absolute Gasteiger partial charge is 0.0715 e. The highest BCUT2D eigenvalue weighted by molar-refractivity contribution is 4.82. The van der Waals surface area contributed by atoms with E-state index in [1.807, 2.05) is 0 Å². The fourth-order valence-electron chi connectivity index (χ4n) is 1.96. The van der Waals surface area contributed by atoms with Crippen LogP contribution in [0.25, 0.3) is 0 Å². The van der Waals surface area contributed by atoms with E-state index in [2.05, 4.69) is 19.2 Å². The maximum atomic E-state index is 5.67.